The smallest absolute Gasteiger partial charge is 0.278 e. The van der Waals surface area contributed by atoms with Crippen molar-refractivity contribution in [2.45, 2.75) is 53.5 Å². The van der Waals surface area contributed by atoms with Crippen LogP contribution in [0.3, 0.4) is 0 Å². The van der Waals surface area contributed by atoms with Gasteiger partial charge in [0.25, 0.3) is 15.2 Å². The summed E-state index contributed by atoms with van der Waals surface area (Å²) in [5.41, 5.74) is 1.25. The normalized spacial score (nSPS) is 19.8. The number of sulfonamides is 2. The predicted octanol–water partition coefficient (Wildman–Crippen LogP) is 1.32. The summed E-state index contributed by atoms with van der Waals surface area (Å²) in [5, 5.41) is 13.6. The number of hydrogen-bond acceptors (Lipinski definition) is 10. The molecule has 0 saturated carbocycles. The van der Waals surface area contributed by atoms with Gasteiger partial charge in [0.2, 0.25) is 10.0 Å². The van der Waals surface area contributed by atoms with Gasteiger partial charge in [0.05, 0.1) is 17.1 Å². The third-order valence-corrected chi connectivity index (χ3v) is 10.9. The van der Waals surface area contributed by atoms with Gasteiger partial charge >= 0.3 is 0 Å². The average Bonchev–Trinajstić information content (AvgIpc) is 3.42. The first-order valence-electron chi connectivity index (χ1n) is 14.2. The van der Waals surface area contributed by atoms with Gasteiger partial charge in [-0.05, 0) is 50.1 Å². The Morgan fingerprint density at radius 3 is 2.60 bits per heavy atom. The fourth-order valence-corrected chi connectivity index (χ4v) is 7.47. The minimum Gasteiger partial charge on any atom is -0.491 e. The molecule has 2 aromatic carbocycles. The molecule has 43 heavy (non-hydrogen) atoms. The van der Waals surface area contributed by atoms with Crippen molar-refractivity contribution in [3.05, 3.63) is 78.1 Å². The van der Waals surface area contributed by atoms with Gasteiger partial charge in [0.15, 0.2) is 0 Å². The molecule has 2 saturated heterocycles. The van der Waals surface area contributed by atoms with Crippen LogP contribution in [0.25, 0.3) is 0 Å². The van der Waals surface area contributed by atoms with Gasteiger partial charge in [-0.2, -0.15) is 4.31 Å². The highest BCUT2D eigenvalue weighted by Gasteiger charge is 2.45. The first-order chi connectivity index (χ1) is 20.6. The van der Waals surface area contributed by atoms with Crippen LogP contribution in [0.2, 0.25) is 0 Å². The molecule has 0 radical (unpaired) electrons. The summed E-state index contributed by atoms with van der Waals surface area (Å²) in [5.74, 6) is 0.341. The summed E-state index contributed by atoms with van der Waals surface area (Å²) < 4.78 is 66.2. The zero-order valence-corrected chi connectivity index (χ0v) is 25.6. The lowest BCUT2D eigenvalue weighted by Gasteiger charge is -2.37. The second-order valence-corrected chi connectivity index (χ2v) is 14.6. The maximum atomic E-state index is 13.4. The number of nitrogens with one attached hydrogen (secondary N) is 2. The molecule has 2 fully saturated rings. The molecule has 5 rings (SSSR count). The summed E-state index contributed by atoms with van der Waals surface area (Å²) in [6.07, 6.45) is 2.97. The second kappa shape index (κ2) is 13.3. The van der Waals surface area contributed by atoms with Crippen molar-refractivity contribution in [3.8, 4) is 5.75 Å². The molecule has 14 heteroatoms. The standard InChI is InChI=1S/C29H37N5O7S2/c1-30-42(36,37)27-9-5-8-26(17-27)40-21-25(35)19-32-24-18-29(41-20-24)11-14-34(15-12-29)43(38,39)28-31-13-10-23(33-28)16-22-6-3-2-4-7-22/h2-10,13,17,24-25,30,32,35H,11-12,14-16,18-21H2,1H3/t24-,25+/m1/s1. The van der Waals surface area contributed by atoms with Gasteiger partial charge in [-0.15, -0.1) is 0 Å². The van der Waals surface area contributed by atoms with E-state index in [1.807, 2.05) is 30.3 Å². The van der Waals surface area contributed by atoms with Crippen molar-refractivity contribution in [1.82, 2.24) is 24.3 Å². The van der Waals surface area contributed by atoms with Crippen molar-refractivity contribution in [2.24, 2.45) is 0 Å². The molecular formula is C29H37N5O7S2. The Bertz CT molecular complexity index is 1600. The molecule has 3 N–H and O–H groups in total. The molecule has 1 spiro atoms. The molecule has 3 heterocycles. The van der Waals surface area contributed by atoms with Crippen molar-refractivity contribution in [3.63, 3.8) is 0 Å². The van der Waals surface area contributed by atoms with Crippen LogP contribution in [0, 0.1) is 0 Å². The van der Waals surface area contributed by atoms with E-state index >= 15 is 0 Å². The Labute approximate surface area is 252 Å². The summed E-state index contributed by atoms with van der Waals surface area (Å²) in [4.78, 5) is 8.52. The fourth-order valence-electron chi connectivity index (χ4n) is 5.38. The van der Waals surface area contributed by atoms with E-state index in [9.17, 15) is 21.9 Å². The van der Waals surface area contributed by atoms with E-state index in [0.29, 0.717) is 56.8 Å². The van der Waals surface area contributed by atoms with Crippen LogP contribution in [-0.2, 0) is 31.2 Å². The van der Waals surface area contributed by atoms with Crippen LogP contribution in [-0.4, -0.2) is 93.9 Å². The summed E-state index contributed by atoms with van der Waals surface area (Å²) in [6.45, 7) is 1.31. The highest BCUT2D eigenvalue weighted by atomic mass is 32.2. The molecule has 2 aliphatic rings. The van der Waals surface area contributed by atoms with Crippen LogP contribution in [0.5, 0.6) is 5.75 Å². The van der Waals surface area contributed by atoms with Gasteiger partial charge in [-0.1, -0.05) is 36.4 Å². The molecule has 3 aromatic rings. The minimum atomic E-state index is -3.84. The Morgan fingerprint density at radius 2 is 1.86 bits per heavy atom. The number of benzene rings is 2. The van der Waals surface area contributed by atoms with Crippen molar-refractivity contribution >= 4 is 20.0 Å². The Hall–Kier alpha value is -2.98. The fraction of sp³-hybridized carbons (Fsp3) is 0.448. The third kappa shape index (κ3) is 7.76. The zero-order chi connectivity index (χ0) is 30.5. The lowest BCUT2D eigenvalue weighted by molar-refractivity contribution is -0.0312. The molecule has 232 valence electrons. The SMILES string of the molecule is CNS(=O)(=O)c1cccc(OC[C@@H](O)CN[C@H]2COC3(CCN(S(=O)(=O)c4nccc(Cc5ccccc5)n4)CC3)C2)c1. The topological polar surface area (TPSA) is 160 Å². The molecule has 12 nitrogen and oxygen atoms in total. The maximum Gasteiger partial charge on any atom is 0.278 e. The number of aliphatic hydroxyl groups excluding tert-OH is 1. The molecule has 2 aliphatic heterocycles. The van der Waals surface area contributed by atoms with Crippen molar-refractivity contribution < 1.29 is 31.4 Å². The van der Waals surface area contributed by atoms with E-state index in [1.165, 1.54) is 29.7 Å². The highest BCUT2D eigenvalue weighted by Crippen LogP contribution is 2.37. The zero-order valence-electron chi connectivity index (χ0n) is 23.9. The maximum absolute atomic E-state index is 13.4. The molecular weight excluding hydrogens is 594 g/mol. The molecule has 0 bridgehead atoms. The number of piperidine rings is 1. The van der Waals surface area contributed by atoms with Crippen LogP contribution in [0.15, 0.2) is 76.9 Å². The first-order valence-corrected chi connectivity index (χ1v) is 17.1. The van der Waals surface area contributed by atoms with Crippen LogP contribution < -0.4 is 14.8 Å². The number of aromatic nitrogens is 2. The van der Waals surface area contributed by atoms with Crippen molar-refractivity contribution in [1.29, 1.82) is 0 Å². The Kier molecular flexibility index (Phi) is 9.76. The third-order valence-electron chi connectivity index (χ3n) is 7.80. The predicted molar refractivity (Wildman–Crippen MR) is 159 cm³/mol. The van der Waals surface area contributed by atoms with Gasteiger partial charge in [-0.25, -0.2) is 31.5 Å². The van der Waals surface area contributed by atoms with Crippen molar-refractivity contribution in [2.75, 3.05) is 39.9 Å². The molecule has 0 aliphatic carbocycles. The second-order valence-electron chi connectivity index (χ2n) is 10.8. The van der Waals surface area contributed by atoms with E-state index in [1.54, 1.807) is 18.2 Å². The average molecular weight is 632 g/mol. The van der Waals surface area contributed by atoms with E-state index in [-0.39, 0.29) is 29.2 Å². The number of nitrogens with zero attached hydrogens (tertiary/aromatic N) is 3. The summed E-state index contributed by atoms with van der Waals surface area (Å²) in [7, 11) is -6.10. The van der Waals surface area contributed by atoms with Crippen LogP contribution in [0.1, 0.15) is 30.5 Å². The first kappa shape index (κ1) is 31.4. The van der Waals surface area contributed by atoms with Gasteiger partial charge in [0.1, 0.15) is 18.5 Å². The van der Waals surface area contributed by atoms with Gasteiger partial charge < -0.3 is 19.9 Å². The molecule has 0 amide bonds. The molecule has 0 unspecified atom stereocenters. The highest BCUT2D eigenvalue weighted by molar-refractivity contribution is 7.89. The number of rotatable bonds is 12. The quantitative estimate of drug-likeness (QED) is 0.249. The number of aliphatic hydroxyl groups is 1. The monoisotopic (exact) mass is 631 g/mol. The molecule has 1 aromatic heterocycles. The lowest BCUT2D eigenvalue weighted by Crippen LogP contribution is -2.47. The van der Waals surface area contributed by atoms with Crippen LogP contribution >= 0.6 is 0 Å². The summed E-state index contributed by atoms with van der Waals surface area (Å²) in [6, 6.07) is 17.5. The van der Waals surface area contributed by atoms with Crippen LogP contribution in [0.4, 0.5) is 0 Å². The van der Waals surface area contributed by atoms with E-state index in [2.05, 4.69) is 20.0 Å². The van der Waals surface area contributed by atoms with Gasteiger partial charge in [-0.3, -0.25) is 0 Å². The van der Waals surface area contributed by atoms with E-state index in [0.717, 1.165) is 5.56 Å². The largest absolute Gasteiger partial charge is 0.491 e. The van der Waals surface area contributed by atoms with E-state index < -0.39 is 31.8 Å². The lowest BCUT2D eigenvalue weighted by atomic mass is 9.88. The van der Waals surface area contributed by atoms with Gasteiger partial charge in [0, 0.05) is 50.1 Å². The summed E-state index contributed by atoms with van der Waals surface area (Å²) >= 11 is 0. The Morgan fingerprint density at radius 1 is 1.09 bits per heavy atom. The minimum absolute atomic E-state index is 0.0000851. The Balaban J connectivity index is 1.08. The number of ether oxygens (including phenoxy) is 2. The van der Waals surface area contributed by atoms with E-state index in [4.69, 9.17) is 9.47 Å². The molecule has 2 atom stereocenters. The number of hydrogen-bond donors (Lipinski definition) is 3.